The maximum atomic E-state index is 13.0. The van der Waals surface area contributed by atoms with Crippen molar-refractivity contribution in [2.45, 2.75) is 111 Å². The van der Waals surface area contributed by atoms with Crippen molar-refractivity contribution in [1.29, 1.82) is 0 Å². The summed E-state index contributed by atoms with van der Waals surface area (Å²) in [6, 6.07) is 14.2. The highest BCUT2D eigenvalue weighted by atomic mass is 16.5. The van der Waals surface area contributed by atoms with Crippen LogP contribution in [0.15, 0.2) is 48.5 Å². The molecule has 0 aromatic heterocycles. The molecule has 2 aromatic carbocycles. The molecule has 1 amide bonds. The van der Waals surface area contributed by atoms with Gasteiger partial charge in [0.05, 0.1) is 37.4 Å². The molecule has 0 saturated heterocycles. The van der Waals surface area contributed by atoms with E-state index < -0.39 is 0 Å². The van der Waals surface area contributed by atoms with E-state index in [1.54, 1.807) is 30.3 Å². The van der Waals surface area contributed by atoms with E-state index in [4.69, 9.17) is 9.47 Å². The second kappa shape index (κ2) is 21.8. The van der Waals surface area contributed by atoms with Crippen LogP contribution in [0, 0.1) is 0 Å². The number of carbonyl (C=O) groups is 2. The number of carbonyl (C=O) groups excluding carboxylic acids is 2. The molecular formula is C37H59N2O4+. The predicted molar refractivity (Wildman–Crippen MR) is 179 cm³/mol. The van der Waals surface area contributed by atoms with Crippen LogP contribution >= 0.6 is 0 Å². The fourth-order valence-electron chi connectivity index (χ4n) is 5.52. The summed E-state index contributed by atoms with van der Waals surface area (Å²) >= 11 is 0. The summed E-state index contributed by atoms with van der Waals surface area (Å²) in [4.78, 5) is 25.8. The maximum Gasteiger partial charge on any atom is 0.338 e. The molecule has 2 aromatic rings. The summed E-state index contributed by atoms with van der Waals surface area (Å²) in [5, 5.41) is 2.93. The zero-order chi connectivity index (χ0) is 31.2. The fourth-order valence-corrected chi connectivity index (χ4v) is 5.52. The number of likely N-dealkylation sites (N-methyl/N-ethyl adjacent to an activating group) is 1. The van der Waals surface area contributed by atoms with Gasteiger partial charge in [-0.1, -0.05) is 90.2 Å². The molecule has 6 heteroatoms. The number of rotatable bonds is 24. The molecule has 0 aliphatic carbocycles. The minimum absolute atomic E-state index is 0.233. The van der Waals surface area contributed by atoms with Crippen molar-refractivity contribution >= 4 is 17.6 Å². The number of amides is 1. The highest BCUT2D eigenvalue weighted by Gasteiger charge is 2.23. The SMILES string of the molecule is CCCCCCCCC[N+](CC)(CC)CCOC(=O)c1ccc(NC(=O)c2ccccc2OCCCCCCCC)cc1. The van der Waals surface area contributed by atoms with Gasteiger partial charge in [0.15, 0.2) is 0 Å². The Hall–Kier alpha value is -2.86. The number of quaternary nitrogens is 1. The van der Waals surface area contributed by atoms with Gasteiger partial charge in [-0.3, -0.25) is 4.79 Å². The number of hydrogen-bond donors (Lipinski definition) is 1. The molecule has 6 nitrogen and oxygen atoms in total. The van der Waals surface area contributed by atoms with Crippen molar-refractivity contribution in [2.75, 3.05) is 44.7 Å². The van der Waals surface area contributed by atoms with E-state index in [2.05, 4.69) is 33.0 Å². The van der Waals surface area contributed by atoms with Gasteiger partial charge in [-0.15, -0.1) is 0 Å². The van der Waals surface area contributed by atoms with Crippen LogP contribution < -0.4 is 10.1 Å². The standard InChI is InChI=1S/C37H58N2O4/c1-5-9-11-13-15-16-20-28-39(7-3,8-4)29-31-43-37(41)32-24-26-33(27-25-32)38-36(40)34-22-18-19-23-35(34)42-30-21-17-14-12-10-6-2/h18-19,22-27H,5-17,20-21,28-31H2,1-4H3/p+1. The van der Waals surface area contributed by atoms with Crippen molar-refractivity contribution < 1.29 is 23.5 Å². The van der Waals surface area contributed by atoms with Gasteiger partial charge >= 0.3 is 5.97 Å². The molecule has 0 heterocycles. The summed E-state index contributed by atoms with van der Waals surface area (Å²) in [5.74, 6) is 0.0324. The van der Waals surface area contributed by atoms with E-state index in [0.29, 0.717) is 35.8 Å². The number of hydrogen-bond acceptors (Lipinski definition) is 4. The topological polar surface area (TPSA) is 64.6 Å². The molecule has 0 radical (unpaired) electrons. The Bertz CT molecular complexity index is 1030. The number of nitrogens with zero attached hydrogens (tertiary/aromatic N) is 1. The highest BCUT2D eigenvalue weighted by Crippen LogP contribution is 2.21. The lowest BCUT2D eigenvalue weighted by Crippen LogP contribution is -2.50. The first-order valence-corrected chi connectivity index (χ1v) is 17.1. The molecule has 240 valence electrons. The largest absolute Gasteiger partial charge is 0.493 e. The third-order valence-corrected chi connectivity index (χ3v) is 8.64. The Kier molecular flexibility index (Phi) is 18.4. The minimum Gasteiger partial charge on any atom is -0.493 e. The lowest BCUT2D eigenvalue weighted by atomic mass is 10.1. The Labute approximate surface area is 262 Å². The quantitative estimate of drug-likeness (QED) is 0.0746. The molecule has 43 heavy (non-hydrogen) atoms. The highest BCUT2D eigenvalue weighted by molar-refractivity contribution is 6.06. The summed E-state index contributed by atoms with van der Waals surface area (Å²) in [6.45, 7) is 14.0. The number of para-hydroxylation sites is 1. The normalized spacial score (nSPS) is 11.3. The lowest BCUT2D eigenvalue weighted by Gasteiger charge is -2.36. The summed E-state index contributed by atoms with van der Waals surface area (Å²) < 4.78 is 12.6. The molecule has 0 bridgehead atoms. The van der Waals surface area contributed by atoms with Gasteiger partial charge in [0, 0.05) is 5.69 Å². The van der Waals surface area contributed by atoms with Crippen LogP contribution in [0.2, 0.25) is 0 Å². The molecule has 0 unspecified atom stereocenters. The number of anilines is 1. The number of ether oxygens (including phenoxy) is 2. The molecular weight excluding hydrogens is 536 g/mol. The number of esters is 1. The van der Waals surface area contributed by atoms with Crippen molar-refractivity contribution in [2.24, 2.45) is 0 Å². The van der Waals surface area contributed by atoms with Gasteiger partial charge in [0.1, 0.15) is 18.9 Å². The van der Waals surface area contributed by atoms with Gasteiger partial charge in [0.25, 0.3) is 5.91 Å². The molecule has 0 aliphatic rings. The Morgan fingerprint density at radius 1 is 0.651 bits per heavy atom. The Morgan fingerprint density at radius 3 is 1.86 bits per heavy atom. The molecule has 0 aliphatic heterocycles. The van der Waals surface area contributed by atoms with Gasteiger partial charge < -0.3 is 19.3 Å². The van der Waals surface area contributed by atoms with Gasteiger partial charge in [0.2, 0.25) is 0 Å². The average Bonchev–Trinajstić information content (AvgIpc) is 3.03. The predicted octanol–water partition coefficient (Wildman–Crippen LogP) is 9.44. The van der Waals surface area contributed by atoms with Crippen LogP contribution in [0.1, 0.15) is 132 Å². The minimum atomic E-state index is -0.326. The summed E-state index contributed by atoms with van der Waals surface area (Å²) in [5.41, 5.74) is 1.61. The smallest absolute Gasteiger partial charge is 0.338 e. The van der Waals surface area contributed by atoms with Crippen LogP contribution in [-0.4, -0.2) is 55.8 Å². The van der Waals surface area contributed by atoms with E-state index in [-0.39, 0.29) is 11.9 Å². The molecule has 0 atom stereocenters. The van der Waals surface area contributed by atoms with Crippen LogP contribution in [0.25, 0.3) is 0 Å². The summed E-state index contributed by atoms with van der Waals surface area (Å²) in [7, 11) is 0. The van der Waals surface area contributed by atoms with Crippen molar-refractivity contribution in [3.8, 4) is 5.75 Å². The van der Waals surface area contributed by atoms with Crippen molar-refractivity contribution in [1.82, 2.24) is 0 Å². The van der Waals surface area contributed by atoms with E-state index in [1.165, 1.54) is 70.6 Å². The van der Waals surface area contributed by atoms with Gasteiger partial charge in [-0.25, -0.2) is 4.79 Å². The maximum absolute atomic E-state index is 13.0. The van der Waals surface area contributed by atoms with Crippen LogP contribution in [0.5, 0.6) is 5.75 Å². The number of benzene rings is 2. The lowest BCUT2D eigenvalue weighted by molar-refractivity contribution is -0.925. The van der Waals surface area contributed by atoms with Gasteiger partial charge in [-0.05, 0) is 69.5 Å². The van der Waals surface area contributed by atoms with Crippen molar-refractivity contribution in [3.05, 3.63) is 59.7 Å². The second-order valence-electron chi connectivity index (χ2n) is 11.8. The monoisotopic (exact) mass is 595 g/mol. The average molecular weight is 596 g/mol. The summed E-state index contributed by atoms with van der Waals surface area (Å²) in [6.07, 6.45) is 16.3. The van der Waals surface area contributed by atoms with E-state index in [1.807, 2.05) is 18.2 Å². The molecule has 0 spiro atoms. The second-order valence-corrected chi connectivity index (χ2v) is 11.8. The first-order valence-electron chi connectivity index (χ1n) is 17.1. The van der Waals surface area contributed by atoms with E-state index in [9.17, 15) is 9.59 Å². The van der Waals surface area contributed by atoms with Gasteiger partial charge in [-0.2, -0.15) is 0 Å². The number of nitrogens with one attached hydrogen (secondary N) is 1. The van der Waals surface area contributed by atoms with Crippen LogP contribution in [-0.2, 0) is 4.74 Å². The van der Waals surface area contributed by atoms with Crippen LogP contribution in [0.4, 0.5) is 5.69 Å². The zero-order valence-electron chi connectivity index (χ0n) is 27.6. The third-order valence-electron chi connectivity index (χ3n) is 8.64. The first kappa shape index (κ1) is 36.3. The van der Waals surface area contributed by atoms with Crippen molar-refractivity contribution in [3.63, 3.8) is 0 Å². The molecule has 1 N–H and O–H groups in total. The molecule has 2 rings (SSSR count). The van der Waals surface area contributed by atoms with E-state index in [0.717, 1.165) is 43.5 Å². The number of unbranched alkanes of at least 4 members (excludes halogenated alkanes) is 11. The third kappa shape index (κ3) is 14.0. The molecule has 0 saturated carbocycles. The Morgan fingerprint density at radius 2 is 1.23 bits per heavy atom. The Balaban J connectivity index is 1.80. The fraction of sp³-hybridized carbons (Fsp3) is 0.622. The van der Waals surface area contributed by atoms with Crippen LogP contribution in [0.3, 0.4) is 0 Å². The molecule has 0 fully saturated rings. The van der Waals surface area contributed by atoms with E-state index >= 15 is 0 Å². The first-order chi connectivity index (χ1) is 21.0. The zero-order valence-corrected chi connectivity index (χ0v) is 27.6.